The summed E-state index contributed by atoms with van der Waals surface area (Å²) in [7, 11) is -3.86. The van der Waals surface area contributed by atoms with Gasteiger partial charge in [-0.25, -0.2) is 12.8 Å². The summed E-state index contributed by atoms with van der Waals surface area (Å²) in [5.41, 5.74) is 1.28. The quantitative estimate of drug-likeness (QED) is 0.853. The number of amides is 1. The lowest BCUT2D eigenvalue weighted by molar-refractivity contribution is -0.118. The van der Waals surface area contributed by atoms with Gasteiger partial charge in [-0.15, -0.1) is 11.8 Å². The van der Waals surface area contributed by atoms with Gasteiger partial charge in [0.05, 0.1) is 16.3 Å². The third-order valence-electron chi connectivity index (χ3n) is 3.89. The molecule has 0 spiro atoms. The minimum absolute atomic E-state index is 0.0328. The molecule has 0 aromatic heterocycles. The van der Waals surface area contributed by atoms with E-state index >= 15 is 0 Å². The van der Waals surface area contributed by atoms with Crippen molar-refractivity contribution < 1.29 is 17.6 Å². The molecule has 0 aliphatic carbocycles. The molecule has 3 rings (SSSR count). The molecule has 1 amide bonds. The second-order valence-electron chi connectivity index (χ2n) is 5.92. The van der Waals surface area contributed by atoms with Crippen molar-refractivity contribution in [3.05, 3.63) is 47.8 Å². The van der Waals surface area contributed by atoms with Crippen LogP contribution in [0.3, 0.4) is 0 Å². The van der Waals surface area contributed by atoms with Crippen LogP contribution in [0.4, 0.5) is 15.8 Å². The first kappa shape index (κ1) is 17.8. The monoisotopic (exact) mass is 380 g/mol. The van der Waals surface area contributed by atoms with Crippen LogP contribution < -0.4 is 10.0 Å². The van der Waals surface area contributed by atoms with E-state index in [-0.39, 0.29) is 16.7 Å². The van der Waals surface area contributed by atoms with Crippen LogP contribution in [0.1, 0.15) is 12.5 Å². The molecule has 8 heteroatoms. The molecular formula is C17H17FN2O3S2. The second-order valence-corrected chi connectivity index (χ2v) is 8.67. The van der Waals surface area contributed by atoms with E-state index in [9.17, 15) is 17.6 Å². The van der Waals surface area contributed by atoms with E-state index in [1.165, 1.54) is 42.1 Å². The molecule has 0 unspecified atom stereocenters. The Morgan fingerprint density at radius 2 is 2.00 bits per heavy atom. The van der Waals surface area contributed by atoms with Crippen LogP contribution in [0.15, 0.2) is 46.2 Å². The first-order valence-corrected chi connectivity index (χ1v) is 10.1. The van der Waals surface area contributed by atoms with E-state index < -0.39 is 15.8 Å². The highest BCUT2D eigenvalue weighted by molar-refractivity contribution is 7.99. The van der Waals surface area contributed by atoms with E-state index in [0.717, 1.165) is 4.90 Å². The van der Waals surface area contributed by atoms with Crippen molar-refractivity contribution in [2.75, 3.05) is 15.8 Å². The second kappa shape index (κ2) is 6.68. The predicted molar refractivity (Wildman–Crippen MR) is 96.9 cm³/mol. The van der Waals surface area contributed by atoms with E-state index in [0.29, 0.717) is 22.7 Å². The van der Waals surface area contributed by atoms with Crippen LogP contribution in [-0.4, -0.2) is 20.1 Å². The van der Waals surface area contributed by atoms with Gasteiger partial charge in [-0.3, -0.25) is 9.52 Å². The number of sulfonamides is 1. The first-order valence-electron chi connectivity index (χ1n) is 7.63. The van der Waals surface area contributed by atoms with Crippen molar-refractivity contribution in [1.82, 2.24) is 0 Å². The fraction of sp³-hybridized carbons (Fsp3) is 0.235. The summed E-state index contributed by atoms with van der Waals surface area (Å²) < 4.78 is 40.9. The Morgan fingerprint density at radius 3 is 2.72 bits per heavy atom. The fourth-order valence-electron chi connectivity index (χ4n) is 2.39. The van der Waals surface area contributed by atoms with Crippen molar-refractivity contribution in [3.8, 4) is 0 Å². The van der Waals surface area contributed by atoms with Crippen molar-refractivity contribution in [2.45, 2.75) is 23.6 Å². The number of hydrogen-bond donors (Lipinski definition) is 2. The third kappa shape index (κ3) is 3.80. The van der Waals surface area contributed by atoms with Gasteiger partial charge < -0.3 is 5.32 Å². The van der Waals surface area contributed by atoms with Crippen LogP contribution in [0.5, 0.6) is 0 Å². The molecule has 2 aromatic rings. The zero-order chi connectivity index (χ0) is 18.2. The molecule has 0 saturated heterocycles. The zero-order valence-corrected chi connectivity index (χ0v) is 15.3. The van der Waals surface area contributed by atoms with Gasteiger partial charge in [-0.1, -0.05) is 6.92 Å². The smallest absolute Gasteiger partial charge is 0.261 e. The molecule has 132 valence electrons. The number of carbonyl (C=O) groups excluding carboxylic acids is 1. The summed E-state index contributed by atoms with van der Waals surface area (Å²) in [6.07, 6.45) is 0. The van der Waals surface area contributed by atoms with Gasteiger partial charge in [-0.2, -0.15) is 0 Å². The molecule has 2 aromatic carbocycles. The first-order chi connectivity index (χ1) is 11.8. The maximum atomic E-state index is 13.2. The zero-order valence-electron chi connectivity index (χ0n) is 13.7. The number of fused-ring (bicyclic) bond motifs is 1. The third-order valence-corrected chi connectivity index (χ3v) is 6.59. The highest BCUT2D eigenvalue weighted by Gasteiger charge is 2.23. The summed E-state index contributed by atoms with van der Waals surface area (Å²) in [6, 6.07) is 8.46. The Kier molecular flexibility index (Phi) is 4.75. The Hall–Kier alpha value is -2.06. The minimum Gasteiger partial charge on any atom is -0.325 e. The Labute approximate surface area is 150 Å². The molecule has 5 nitrogen and oxygen atoms in total. The van der Waals surface area contributed by atoms with E-state index in [1.807, 2.05) is 6.92 Å². The maximum absolute atomic E-state index is 13.2. The van der Waals surface area contributed by atoms with Crippen LogP contribution in [0, 0.1) is 18.7 Å². The Balaban J connectivity index is 1.93. The lowest BCUT2D eigenvalue weighted by Gasteiger charge is -2.13. The van der Waals surface area contributed by atoms with Gasteiger partial charge in [0.15, 0.2) is 0 Å². The summed E-state index contributed by atoms with van der Waals surface area (Å²) >= 11 is 1.51. The lowest BCUT2D eigenvalue weighted by Crippen LogP contribution is -2.20. The molecule has 0 bridgehead atoms. The number of benzene rings is 2. The molecule has 0 saturated carbocycles. The SMILES string of the molecule is Cc1cc(F)ccc1NS(=O)(=O)c1ccc2c(c1)NC(=O)[C@H](C)CS2. The van der Waals surface area contributed by atoms with Gasteiger partial charge in [-0.05, 0) is 48.9 Å². The average molecular weight is 380 g/mol. The van der Waals surface area contributed by atoms with E-state index in [4.69, 9.17) is 0 Å². The van der Waals surface area contributed by atoms with Gasteiger partial charge in [0.25, 0.3) is 10.0 Å². The molecule has 1 atom stereocenters. The van der Waals surface area contributed by atoms with E-state index in [2.05, 4.69) is 10.0 Å². The van der Waals surface area contributed by atoms with Crippen molar-refractivity contribution >= 4 is 39.1 Å². The number of anilines is 2. The van der Waals surface area contributed by atoms with Gasteiger partial charge in [0, 0.05) is 16.6 Å². The van der Waals surface area contributed by atoms with Crippen LogP contribution in [0.2, 0.25) is 0 Å². The van der Waals surface area contributed by atoms with Crippen molar-refractivity contribution in [1.29, 1.82) is 0 Å². The molecule has 1 aliphatic rings. The standard InChI is InChI=1S/C17H17FN2O3S2/c1-10-7-12(18)3-5-14(10)20-25(22,23)13-4-6-16-15(8-13)19-17(21)11(2)9-24-16/h3-8,11,20H,9H2,1-2H3,(H,19,21)/t11-/m1/s1. The van der Waals surface area contributed by atoms with Gasteiger partial charge >= 0.3 is 0 Å². The molecule has 1 aliphatic heterocycles. The Morgan fingerprint density at radius 1 is 1.24 bits per heavy atom. The summed E-state index contributed by atoms with van der Waals surface area (Å²) in [6.45, 7) is 3.45. The molecule has 2 N–H and O–H groups in total. The maximum Gasteiger partial charge on any atom is 0.261 e. The van der Waals surface area contributed by atoms with Crippen molar-refractivity contribution in [2.24, 2.45) is 5.92 Å². The van der Waals surface area contributed by atoms with Gasteiger partial charge in [0.1, 0.15) is 5.82 Å². The minimum atomic E-state index is -3.86. The number of halogens is 1. The largest absolute Gasteiger partial charge is 0.325 e. The number of aryl methyl sites for hydroxylation is 1. The van der Waals surface area contributed by atoms with E-state index in [1.54, 1.807) is 13.0 Å². The molecule has 1 heterocycles. The van der Waals surface area contributed by atoms with Crippen molar-refractivity contribution in [3.63, 3.8) is 0 Å². The van der Waals surface area contributed by atoms with Crippen LogP contribution >= 0.6 is 11.8 Å². The average Bonchev–Trinajstić information content (AvgIpc) is 2.69. The highest BCUT2D eigenvalue weighted by atomic mass is 32.2. The number of carbonyl (C=O) groups is 1. The normalized spacial score (nSPS) is 17.4. The molecule has 0 fully saturated rings. The fourth-order valence-corrected chi connectivity index (χ4v) is 4.56. The molecule has 25 heavy (non-hydrogen) atoms. The predicted octanol–water partition coefficient (Wildman–Crippen LogP) is 3.62. The number of hydrogen-bond acceptors (Lipinski definition) is 4. The highest BCUT2D eigenvalue weighted by Crippen LogP contribution is 2.34. The van der Waals surface area contributed by atoms with Crippen LogP contribution in [0.25, 0.3) is 0 Å². The number of nitrogens with one attached hydrogen (secondary N) is 2. The Bertz CT molecular complexity index is 945. The molecular weight excluding hydrogens is 363 g/mol. The summed E-state index contributed by atoms with van der Waals surface area (Å²) in [5, 5.41) is 2.77. The summed E-state index contributed by atoms with van der Waals surface area (Å²) in [5.74, 6) is -0.0854. The van der Waals surface area contributed by atoms with Gasteiger partial charge in [0.2, 0.25) is 5.91 Å². The number of rotatable bonds is 3. The lowest BCUT2D eigenvalue weighted by atomic mass is 10.2. The van der Waals surface area contributed by atoms with Crippen LogP contribution in [-0.2, 0) is 14.8 Å². The summed E-state index contributed by atoms with van der Waals surface area (Å²) in [4.78, 5) is 12.8. The topological polar surface area (TPSA) is 75.3 Å². The number of thioether (sulfide) groups is 1. The molecule has 0 radical (unpaired) electrons.